The van der Waals surface area contributed by atoms with Gasteiger partial charge in [-0.2, -0.15) is 0 Å². The third kappa shape index (κ3) is 6.42. The normalized spacial score (nSPS) is 15.7. The van der Waals surface area contributed by atoms with Crippen molar-refractivity contribution in [3.63, 3.8) is 0 Å². The second-order valence-corrected chi connectivity index (χ2v) is 7.59. The van der Waals surface area contributed by atoms with Gasteiger partial charge in [0, 0.05) is 31.9 Å². The molecule has 2 aromatic rings. The number of hydrogen-bond donors (Lipinski definition) is 3. The van der Waals surface area contributed by atoms with Crippen LogP contribution in [0.4, 0.5) is 14.9 Å². The molecule has 10 heteroatoms. The van der Waals surface area contributed by atoms with E-state index in [9.17, 15) is 18.8 Å². The van der Waals surface area contributed by atoms with E-state index in [0.717, 1.165) is 5.56 Å². The topological polar surface area (TPSA) is 117 Å². The highest BCUT2D eigenvalue weighted by molar-refractivity contribution is 5.92. The minimum atomic E-state index is -0.866. The lowest BCUT2D eigenvalue weighted by Crippen LogP contribution is -2.62. The van der Waals surface area contributed by atoms with E-state index in [1.807, 2.05) is 0 Å². The van der Waals surface area contributed by atoms with Crippen LogP contribution in [0, 0.1) is 5.82 Å². The highest BCUT2D eigenvalue weighted by Gasteiger charge is 2.36. The number of amides is 4. The molecule has 3 rings (SSSR count). The summed E-state index contributed by atoms with van der Waals surface area (Å²) in [6.45, 7) is 0.932. The number of rotatable bonds is 7. The summed E-state index contributed by atoms with van der Waals surface area (Å²) >= 11 is 0. The van der Waals surface area contributed by atoms with Crippen molar-refractivity contribution in [3.05, 3.63) is 59.9 Å². The maximum Gasteiger partial charge on any atom is 0.321 e. The van der Waals surface area contributed by atoms with Gasteiger partial charge >= 0.3 is 6.03 Å². The molecule has 0 saturated carbocycles. The predicted molar refractivity (Wildman–Crippen MR) is 121 cm³/mol. The van der Waals surface area contributed by atoms with E-state index in [1.165, 1.54) is 28.0 Å². The number of urea groups is 1. The molecule has 176 valence electrons. The van der Waals surface area contributed by atoms with Crippen molar-refractivity contribution in [2.75, 3.05) is 45.2 Å². The number of piperazine rings is 1. The minimum absolute atomic E-state index is 0.00586. The molecule has 1 unspecified atom stereocenters. The van der Waals surface area contributed by atoms with E-state index in [4.69, 9.17) is 10.5 Å². The fraction of sp³-hybridized carbons (Fsp3) is 0.348. The number of nitrogens with zero attached hydrogens (tertiary/aromatic N) is 2. The fourth-order valence-corrected chi connectivity index (χ4v) is 3.59. The molecule has 2 aromatic carbocycles. The molecule has 1 heterocycles. The molecule has 0 radical (unpaired) electrons. The first-order valence-electron chi connectivity index (χ1n) is 10.6. The first-order valence-corrected chi connectivity index (χ1v) is 10.6. The zero-order chi connectivity index (χ0) is 23.8. The smallest absolute Gasteiger partial charge is 0.321 e. The zero-order valence-corrected chi connectivity index (χ0v) is 18.4. The van der Waals surface area contributed by atoms with Crippen LogP contribution in [0.25, 0.3) is 0 Å². The summed E-state index contributed by atoms with van der Waals surface area (Å²) in [6, 6.07) is 11.3. The van der Waals surface area contributed by atoms with Crippen molar-refractivity contribution >= 4 is 23.5 Å². The molecule has 1 fully saturated rings. The average molecular weight is 458 g/mol. The van der Waals surface area contributed by atoms with Gasteiger partial charge in [-0.3, -0.25) is 9.59 Å². The van der Waals surface area contributed by atoms with E-state index in [-0.39, 0.29) is 51.0 Å². The predicted octanol–water partition coefficient (Wildman–Crippen LogP) is 1.20. The van der Waals surface area contributed by atoms with Gasteiger partial charge in [0.2, 0.25) is 11.8 Å². The van der Waals surface area contributed by atoms with Gasteiger partial charge in [-0.1, -0.05) is 18.2 Å². The zero-order valence-electron chi connectivity index (χ0n) is 18.4. The van der Waals surface area contributed by atoms with Gasteiger partial charge in [0.05, 0.1) is 20.1 Å². The molecule has 4 amide bonds. The number of carbonyl (C=O) groups excluding carboxylic acids is 3. The molecule has 1 aliphatic heterocycles. The summed E-state index contributed by atoms with van der Waals surface area (Å²) in [5.74, 6) is -0.394. The molecular formula is C23H28FN5O4. The van der Waals surface area contributed by atoms with Gasteiger partial charge in [0.25, 0.3) is 0 Å². The molecule has 1 aliphatic rings. The second-order valence-electron chi connectivity index (χ2n) is 7.59. The number of carbonyl (C=O) groups is 3. The van der Waals surface area contributed by atoms with Crippen LogP contribution in [0.3, 0.4) is 0 Å². The van der Waals surface area contributed by atoms with Gasteiger partial charge in [0.15, 0.2) is 0 Å². The second kappa shape index (κ2) is 11.3. The largest absolute Gasteiger partial charge is 0.497 e. The minimum Gasteiger partial charge on any atom is -0.497 e. The summed E-state index contributed by atoms with van der Waals surface area (Å²) < 4.78 is 18.6. The van der Waals surface area contributed by atoms with Crippen LogP contribution in [-0.2, 0) is 16.0 Å². The van der Waals surface area contributed by atoms with Crippen LogP contribution < -0.4 is 21.1 Å². The third-order valence-corrected chi connectivity index (χ3v) is 5.32. The number of methoxy groups -OCH3 is 1. The lowest BCUT2D eigenvalue weighted by atomic mass is 10.1. The van der Waals surface area contributed by atoms with Gasteiger partial charge in [-0.25, -0.2) is 9.18 Å². The molecule has 0 spiro atoms. The summed E-state index contributed by atoms with van der Waals surface area (Å²) in [5.41, 5.74) is 6.58. The Labute approximate surface area is 191 Å². The van der Waals surface area contributed by atoms with Crippen LogP contribution in [0.5, 0.6) is 5.75 Å². The molecule has 33 heavy (non-hydrogen) atoms. The highest BCUT2D eigenvalue weighted by Crippen LogP contribution is 2.17. The van der Waals surface area contributed by atoms with E-state index in [0.29, 0.717) is 11.4 Å². The standard InChI is InChI=1S/C23H28FN5O4/c1-33-19-7-5-16(6-8-19)13-21(30)29-12-11-28(15-20(29)22(31)26-10-9-25)23(32)27-18-4-2-3-17(24)14-18/h2-8,14,20H,9-13,15,25H2,1H3,(H,26,31)(H,27,32). The van der Waals surface area contributed by atoms with Crippen LogP contribution in [-0.4, -0.2) is 73.5 Å². The van der Waals surface area contributed by atoms with Crippen molar-refractivity contribution < 1.29 is 23.5 Å². The van der Waals surface area contributed by atoms with Crippen LogP contribution in [0.15, 0.2) is 48.5 Å². The Morgan fingerprint density at radius 1 is 1.15 bits per heavy atom. The molecule has 0 bridgehead atoms. The summed E-state index contributed by atoms with van der Waals surface area (Å²) in [6.07, 6.45) is 0.111. The number of ether oxygens (including phenoxy) is 1. The quantitative estimate of drug-likeness (QED) is 0.578. The molecule has 4 N–H and O–H groups in total. The summed E-state index contributed by atoms with van der Waals surface area (Å²) in [4.78, 5) is 41.5. The van der Waals surface area contributed by atoms with E-state index in [1.54, 1.807) is 37.4 Å². The number of nitrogens with one attached hydrogen (secondary N) is 2. The Morgan fingerprint density at radius 3 is 2.58 bits per heavy atom. The first-order chi connectivity index (χ1) is 15.9. The number of anilines is 1. The van der Waals surface area contributed by atoms with E-state index >= 15 is 0 Å². The Kier molecular flexibility index (Phi) is 8.20. The maximum atomic E-state index is 13.4. The maximum absolute atomic E-state index is 13.4. The van der Waals surface area contributed by atoms with Crippen LogP contribution in [0.2, 0.25) is 0 Å². The molecule has 1 atom stereocenters. The third-order valence-electron chi connectivity index (χ3n) is 5.32. The van der Waals surface area contributed by atoms with Gasteiger partial charge in [-0.15, -0.1) is 0 Å². The van der Waals surface area contributed by atoms with Gasteiger partial charge in [0.1, 0.15) is 17.6 Å². The van der Waals surface area contributed by atoms with Gasteiger partial charge in [-0.05, 0) is 35.9 Å². The first kappa shape index (κ1) is 24.0. The Bertz CT molecular complexity index is 985. The number of benzene rings is 2. The van der Waals surface area contributed by atoms with E-state index < -0.39 is 17.9 Å². The summed E-state index contributed by atoms with van der Waals surface area (Å²) in [7, 11) is 1.56. The Morgan fingerprint density at radius 2 is 1.91 bits per heavy atom. The van der Waals surface area contributed by atoms with Crippen molar-refractivity contribution in [1.82, 2.24) is 15.1 Å². The molecule has 1 saturated heterocycles. The van der Waals surface area contributed by atoms with Gasteiger partial charge < -0.3 is 30.9 Å². The van der Waals surface area contributed by atoms with Crippen molar-refractivity contribution in [1.29, 1.82) is 0 Å². The monoisotopic (exact) mass is 457 g/mol. The van der Waals surface area contributed by atoms with Crippen molar-refractivity contribution in [3.8, 4) is 5.75 Å². The Balaban J connectivity index is 1.70. The van der Waals surface area contributed by atoms with Crippen LogP contribution in [0.1, 0.15) is 5.56 Å². The number of halogens is 1. The van der Waals surface area contributed by atoms with E-state index in [2.05, 4.69) is 10.6 Å². The molecule has 0 aliphatic carbocycles. The number of nitrogens with two attached hydrogens (primary N) is 1. The average Bonchev–Trinajstić information content (AvgIpc) is 2.82. The molecular weight excluding hydrogens is 429 g/mol. The Hall–Kier alpha value is -3.66. The lowest BCUT2D eigenvalue weighted by Gasteiger charge is -2.40. The summed E-state index contributed by atoms with van der Waals surface area (Å²) in [5, 5.41) is 5.33. The lowest BCUT2D eigenvalue weighted by molar-refractivity contribution is -0.142. The molecule has 9 nitrogen and oxygen atoms in total. The van der Waals surface area contributed by atoms with Crippen LogP contribution >= 0.6 is 0 Å². The number of hydrogen-bond acceptors (Lipinski definition) is 5. The highest BCUT2D eigenvalue weighted by atomic mass is 19.1. The molecule has 0 aromatic heterocycles. The fourth-order valence-electron chi connectivity index (χ4n) is 3.59. The van der Waals surface area contributed by atoms with Crippen molar-refractivity contribution in [2.45, 2.75) is 12.5 Å². The SMILES string of the molecule is COc1ccc(CC(=O)N2CCN(C(=O)Nc3cccc(F)c3)CC2C(=O)NCCN)cc1. The van der Waals surface area contributed by atoms with Crippen molar-refractivity contribution in [2.24, 2.45) is 5.73 Å².